The van der Waals surface area contributed by atoms with Gasteiger partial charge in [-0.05, 0) is 59.2 Å². The molecule has 0 unspecified atom stereocenters. The first-order chi connectivity index (χ1) is 10.8. The molecule has 0 bridgehead atoms. The number of aromatic nitrogens is 1. The van der Waals surface area contributed by atoms with Crippen LogP contribution in [0, 0.1) is 0 Å². The number of anilines is 1. The van der Waals surface area contributed by atoms with Crippen LogP contribution >= 0.6 is 15.9 Å². The van der Waals surface area contributed by atoms with Gasteiger partial charge in [0.1, 0.15) is 0 Å². The fourth-order valence-electron chi connectivity index (χ4n) is 3.21. The number of rotatable bonds is 4. The summed E-state index contributed by atoms with van der Waals surface area (Å²) in [4.78, 5) is 4.29. The van der Waals surface area contributed by atoms with Crippen molar-refractivity contribution >= 4 is 21.6 Å². The van der Waals surface area contributed by atoms with Crippen LogP contribution in [0.3, 0.4) is 0 Å². The van der Waals surface area contributed by atoms with Gasteiger partial charge in [-0.2, -0.15) is 0 Å². The summed E-state index contributed by atoms with van der Waals surface area (Å²) in [5, 5.41) is 3.60. The van der Waals surface area contributed by atoms with E-state index in [1.54, 1.807) is 13.3 Å². The third-order valence-electron chi connectivity index (χ3n) is 4.37. The minimum atomic E-state index is 0.491. The van der Waals surface area contributed by atoms with Crippen molar-refractivity contribution < 1.29 is 4.74 Å². The standard InChI is InChI=1S/C18H21BrN2O/c1-22-18-17(11-15(19)12-20-18)21-16-9-7-14(8-10-16)13-5-3-2-4-6-13/h2-6,11-12,14,16,21H,7-10H2,1H3. The van der Waals surface area contributed by atoms with E-state index < -0.39 is 0 Å². The topological polar surface area (TPSA) is 34.1 Å². The van der Waals surface area contributed by atoms with E-state index in [0.717, 1.165) is 10.2 Å². The minimum absolute atomic E-state index is 0.491. The number of ether oxygens (including phenoxy) is 1. The fraction of sp³-hybridized carbons (Fsp3) is 0.389. The SMILES string of the molecule is COc1ncc(Br)cc1NC1CCC(c2ccccc2)CC1. The zero-order chi connectivity index (χ0) is 15.4. The highest BCUT2D eigenvalue weighted by Crippen LogP contribution is 2.35. The van der Waals surface area contributed by atoms with E-state index in [1.807, 2.05) is 6.07 Å². The summed E-state index contributed by atoms with van der Waals surface area (Å²) in [5.74, 6) is 1.36. The van der Waals surface area contributed by atoms with E-state index in [-0.39, 0.29) is 0 Å². The number of hydrogen-bond acceptors (Lipinski definition) is 3. The molecule has 1 fully saturated rings. The highest BCUT2D eigenvalue weighted by atomic mass is 79.9. The fourth-order valence-corrected chi connectivity index (χ4v) is 3.54. The van der Waals surface area contributed by atoms with Crippen molar-refractivity contribution in [3.05, 3.63) is 52.6 Å². The molecule has 2 aromatic rings. The van der Waals surface area contributed by atoms with Crippen molar-refractivity contribution in [1.82, 2.24) is 4.98 Å². The van der Waals surface area contributed by atoms with Gasteiger partial charge < -0.3 is 10.1 Å². The van der Waals surface area contributed by atoms with Gasteiger partial charge in [-0.1, -0.05) is 30.3 Å². The predicted octanol–water partition coefficient (Wildman–Crippen LogP) is 4.99. The van der Waals surface area contributed by atoms with Crippen LogP contribution in [-0.2, 0) is 0 Å². The maximum absolute atomic E-state index is 5.34. The molecule has 1 aromatic carbocycles. The second-order valence-electron chi connectivity index (χ2n) is 5.81. The van der Waals surface area contributed by atoms with Crippen LogP contribution in [-0.4, -0.2) is 18.1 Å². The summed E-state index contributed by atoms with van der Waals surface area (Å²) < 4.78 is 6.30. The number of nitrogens with zero attached hydrogens (tertiary/aromatic N) is 1. The van der Waals surface area contributed by atoms with E-state index in [4.69, 9.17) is 4.74 Å². The maximum Gasteiger partial charge on any atom is 0.237 e. The van der Waals surface area contributed by atoms with Crippen molar-refractivity contribution in [3.8, 4) is 5.88 Å². The zero-order valence-electron chi connectivity index (χ0n) is 12.8. The summed E-state index contributed by atoms with van der Waals surface area (Å²) >= 11 is 3.47. The van der Waals surface area contributed by atoms with Gasteiger partial charge >= 0.3 is 0 Å². The summed E-state index contributed by atoms with van der Waals surface area (Å²) in [6.45, 7) is 0. The number of pyridine rings is 1. The Bertz CT molecular complexity index is 610. The Labute approximate surface area is 140 Å². The quantitative estimate of drug-likeness (QED) is 0.833. The number of benzene rings is 1. The lowest BCUT2D eigenvalue weighted by Gasteiger charge is -2.30. The third kappa shape index (κ3) is 3.61. The van der Waals surface area contributed by atoms with Gasteiger partial charge in [0.2, 0.25) is 5.88 Å². The highest BCUT2D eigenvalue weighted by Gasteiger charge is 2.23. The Morgan fingerprint density at radius 3 is 2.55 bits per heavy atom. The van der Waals surface area contributed by atoms with Crippen molar-refractivity contribution in [2.45, 2.75) is 37.6 Å². The molecule has 1 aliphatic rings. The Hall–Kier alpha value is -1.55. The van der Waals surface area contributed by atoms with Gasteiger partial charge in [-0.3, -0.25) is 0 Å². The second-order valence-corrected chi connectivity index (χ2v) is 6.73. The molecule has 0 radical (unpaired) electrons. The normalized spacial score (nSPS) is 21.4. The van der Waals surface area contributed by atoms with E-state index in [9.17, 15) is 0 Å². The van der Waals surface area contributed by atoms with Crippen molar-refractivity contribution in [1.29, 1.82) is 0 Å². The molecule has 116 valence electrons. The van der Waals surface area contributed by atoms with Crippen LogP contribution in [0.25, 0.3) is 0 Å². The van der Waals surface area contributed by atoms with Crippen molar-refractivity contribution in [2.75, 3.05) is 12.4 Å². The first-order valence-electron chi connectivity index (χ1n) is 7.77. The molecule has 4 heteroatoms. The number of halogens is 1. The smallest absolute Gasteiger partial charge is 0.237 e. The maximum atomic E-state index is 5.34. The summed E-state index contributed by atoms with van der Waals surface area (Å²) in [6.07, 6.45) is 6.57. The van der Waals surface area contributed by atoms with Crippen LogP contribution < -0.4 is 10.1 Å². The van der Waals surface area contributed by atoms with Crippen LogP contribution in [0.4, 0.5) is 5.69 Å². The second kappa shape index (κ2) is 7.14. The monoisotopic (exact) mass is 360 g/mol. The molecule has 3 nitrogen and oxygen atoms in total. The van der Waals surface area contributed by atoms with Gasteiger partial charge in [0.05, 0.1) is 12.8 Å². The molecule has 0 amide bonds. The van der Waals surface area contributed by atoms with Gasteiger partial charge in [-0.25, -0.2) is 4.98 Å². The Morgan fingerprint density at radius 2 is 1.86 bits per heavy atom. The largest absolute Gasteiger partial charge is 0.480 e. The number of methoxy groups -OCH3 is 1. The Morgan fingerprint density at radius 1 is 1.14 bits per heavy atom. The van der Waals surface area contributed by atoms with Gasteiger partial charge in [0.25, 0.3) is 0 Å². The first-order valence-corrected chi connectivity index (χ1v) is 8.56. The first kappa shape index (κ1) is 15.3. The van der Waals surface area contributed by atoms with Crippen LogP contribution in [0.5, 0.6) is 5.88 Å². The van der Waals surface area contributed by atoms with Gasteiger partial charge in [0.15, 0.2) is 0 Å². The lowest BCUT2D eigenvalue weighted by Crippen LogP contribution is -2.25. The van der Waals surface area contributed by atoms with Crippen LogP contribution in [0.15, 0.2) is 47.1 Å². The third-order valence-corrected chi connectivity index (χ3v) is 4.80. The van der Waals surface area contributed by atoms with E-state index >= 15 is 0 Å². The summed E-state index contributed by atoms with van der Waals surface area (Å²) in [7, 11) is 1.66. The minimum Gasteiger partial charge on any atom is -0.480 e. The molecule has 0 atom stereocenters. The Kier molecular flexibility index (Phi) is 4.98. The molecule has 1 heterocycles. The van der Waals surface area contributed by atoms with E-state index in [1.165, 1.54) is 31.2 Å². The van der Waals surface area contributed by atoms with Gasteiger partial charge in [-0.15, -0.1) is 0 Å². The molecule has 1 aliphatic carbocycles. The molecule has 1 aromatic heterocycles. The van der Waals surface area contributed by atoms with Crippen LogP contribution in [0.2, 0.25) is 0 Å². The molecule has 1 saturated carbocycles. The average Bonchev–Trinajstić information content (AvgIpc) is 2.57. The van der Waals surface area contributed by atoms with Crippen molar-refractivity contribution in [2.24, 2.45) is 0 Å². The molecule has 0 saturated heterocycles. The van der Waals surface area contributed by atoms with Crippen LogP contribution in [0.1, 0.15) is 37.2 Å². The predicted molar refractivity (Wildman–Crippen MR) is 93.6 cm³/mol. The summed E-state index contributed by atoms with van der Waals surface area (Å²) in [6, 6.07) is 13.4. The highest BCUT2D eigenvalue weighted by molar-refractivity contribution is 9.10. The number of hydrogen-bond donors (Lipinski definition) is 1. The summed E-state index contributed by atoms with van der Waals surface area (Å²) in [5.41, 5.74) is 2.45. The lowest BCUT2D eigenvalue weighted by molar-refractivity contribution is 0.392. The molecule has 3 rings (SSSR count). The van der Waals surface area contributed by atoms with Crippen molar-refractivity contribution in [3.63, 3.8) is 0 Å². The molecule has 22 heavy (non-hydrogen) atoms. The molecular weight excluding hydrogens is 340 g/mol. The lowest BCUT2D eigenvalue weighted by atomic mass is 9.82. The number of nitrogens with one attached hydrogen (secondary N) is 1. The van der Waals surface area contributed by atoms with E-state index in [2.05, 4.69) is 56.6 Å². The Balaban J connectivity index is 1.62. The van der Waals surface area contributed by atoms with Gasteiger partial charge in [0, 0.05) is 16.7 Å². The molecule has 0 aliphatic heterocycles. The molecule has 0 spiro atoms. The average molecular weight is 361 g/mol. The molecular formula is C18H21BrN2O. The molecule has 1 N–H and O–H groups in total. The van der Waals surface area contributed by atoms with E-state index in [0.29, 0.717) is 17.8 Å². The zero-order valence-corrected chi connectivity index (χ0v) is 14.3.